The molecule has 19 heavy (non-hydrogen) atoms. The Morgan fingerprint density at radius 3 is 3.11 bits per heavy atom. The summed E-state index contributed by atoms with van der Waals surface area (Å²) in [6.45, 7) is 5.86. The molecule has 1 atom stereocenters. The molecule has 4 heteroatoms. The number of imidazole rings is 1. The van der Waals surface area contributed by atoms with Gasteiger partial charge in [0, 0.05) is 25.0 Å². The molecule has 0 saturated carbocycles. The lowest BCUT2D eigenvalue weighted by atomic mass is 10.0. The maximum Gasteiger partial charge on any atom is 0.140 e. The summed E-state index contributed by atoms with van der Waals surface area (Å²) in [6.07, 6.45) is 6.53. The minimum absolute atomic E-state index is 0.756. The summed E-state index contributed by atoms with van der Waals surface area (Å²) >= 11 is 0. The van der Waals surface area contributed by atoms with Gasteiger partial charge >= 0.3 is 0 Å². The first-order chi connectivity index (χ1) is 9.28. The average molecular weight is 259 g/mol. The standard InChI is InChI=1S/C15H21N3O/c1-3-17-6-4-12(10-17)8-13-11-18-7-5-14(19-2)9-15(18)16-13/h5,7,9,11-12H,3-4,6,8,10H2,1-2H3. The second-order valence-corrected chi connectivity index (χ2v) is 5.32. The Morgan fingerprint density at radius 2 is 2.37 bits per heavy atom. The van der Waals surface area contributed by atoms with Crippen LogP contribution in [-0.4, -0.2) is 41.0 Å². The molecule has 0 amide bonds. The molecule has 1 unspecified atom stereocenters. The van der Waals surface area contributed by atoms with Gasteiger partial charge in [0.25, 0.3) is 0 Å². The highest BCUT2D eigenvalue weighted by Crippen LogP contribution is 2.21. The molecular weight excluding hydrogens is 238 g/mol. The maximum absolute atomic E-state index is 5.23. The number of rotatable bonds is 4. The molecule has 4 nitrogen and oxygen atoms in total. The third-order valence-corrected chi connectivity index (χ3v) is 4.03. The van der Waals surface area contributed by atoms with Crippen molar-refractivity contribution in [2.75, 3.05) is 26.7 Å². The molecule has 0 bridgehead atoms. The molecule has 0 N–H and O–H groups in total. The highest BCUT2D eigenvalue weighted by Gasteiger charge is 2.22. The van der Waals surface area contributed by atoms with E-state index in [2.05, 4.69) is 22.4 Å². The van der Waals surface area contributed by atoms with E-state index in [0.717, 1.165) is 23.7 Å². The number of fused-ring (bicyclic) bond motifs is 1. The lowest BCUT2D eigenvalue weighted by Crippen LogP contribution is -2.20. The molecule has 0 aromatic carbocycles. The number of hydrogen-bond acceptors (Lipinski definition) is 3. The summed E-state index contributed by atoms with van der Waals surface area (Å²) in [5, 5.41) is 0. The van der Waals surface area contributed by atoms with E-state index in [0.29, 0.717) is 0 Å². The van der Waals surface area contributed by atoms with Gasteiger partial charge in [-0.25, -0.2) is 4.98 Å². The van der Waals surface area contributed by atoms with Crippen molar-refractivity contribution < 1.29 is 4.74 Å². The Balaban J connectivity index is 1.75. The van der Waals surface area contributed by atoms with E-state index in [1.165, 1.54) is 31.7 Å². The predicted octanol–water partition coefficient (Wildman–Crippen LogP) is 2.23. The van der Waals surface area contributed by atoms with Crippen molar-refractivity contribution in [2.24, 2.45) is 5.92 Å². The van der Waals surface area contributed by atoms with Crippen LogP contribution < -0.4 is 4.74 Å². The Kier molecular flexibility index (Phi) is 3.42. The average Bonchev–Trinajstić information content (AvgIpc) is 3.03. The number of ether oxygens (including phenoxy) is 1. The van der Waals surface area contributed by atoms with Gasteiger partial charge in [-0.3, -0.25) is 0 Å². The smallest absolute Gasteiger partial charge is 0.140 e. The van der Waals surface area contributed by atoms with Crippen LogP contribution in [0.15, 0.2) is 24.5 Å². The van der Waals surface area contributed by atoms with Crippen LogP contribution in [0.5, 0.6) is 5.75 Å². The van der Waals surface area contributed by atoms with E-state index in [1.54, 1.807) is 7.11 Å². The van der Waals surface area contributed by atoms with Gasteiger partial charge in [-0.05, 0) is 37.9 Å². The van der Waals surface area contributed by atoms with Gasteiger partial charge in [-0.2, -0.15) is 0 Å². The number of nitrogens with zero attached hydrogens (tertiary/aromatic N) is 3. The first kappa shape index (κ1) is 12.5. The van der Waals surface area contributed by atoms with E-state index in [-0.39, 0.29) is 0 Å². The molecule has 1 aliphatic rings. The Labute approximate surface area is 114 Å². The molecular formula is C15H21N3O. The summed E-state index contributed by atoms with van der Waals surface area (Å²) in [5.41, 5.74) is 2.16. The lowest BCUT2D eigenvalue weighted by molar-refractivity contribution is 0.341. The van der Waals surface area contributed by atoms with Crippen molar-refractivity contribution in [3.8, 4) is 5.75 Å². The van der Waals surface area contributed by atoms with Gasteiger partial charge in [0.2, 0.25) is 0 Å². The van der Waals surface area contributed by atoms with Crippen molar-refractivity contribution in [2.45, 2.75) is 19.8 Å². The van der Waals surface area contributed by atoms with Gasteiger partial charge < -0.3 is 14.0 Å². The minimum atomic E-state index is 0.756. The number of methoxy groups -OCH3 is 1. The fourth-order valence-electron chi connectivity index (χ4n) is 2.90. The second kappa shape index (κ2) is 5.21. The van der Waals surface area contributed by atoms with Crippen molar-refractivity contribution in [1.82, 2.24) is 14.3 Å². The summed E-state index contributed by atoms with van der Waals surface area (Å²) in [5.74, 6) is 1.62. The first-order valence-electron chi connectivity index (χ1n) is 7.02. The van der Waals surface area contributed by atoms with Gasteiger partial charge in [-0.1, -0.05) is 6.92 Å². The Hall–Kier alpha value is -1.55. The molecule has 102 valence electrons. The van der Waals surface area contributed by atoms with E-state index < -0.39 is 0 Å². The van der Waals surface area contributed by atoms with Crippen LogP contribution in [0.1, 0.15) is 19.0 Å². The highest BCUT2D eigenvalue weighted by atomic mass is 16.5. The van der Waals surface area contributed by atoms with Crippen molar-refractivity contribution >= 4 is 5.65 Å². The Morgan fingerprint density at radius 1 is 1.47 bits per heavy atom. The third kappa shape index (κ3) is 2.59. The number of aromatic nitrogens is 2. The van der Waals surface area contributed by atoms with Crippen LogP contribution in [-0.2, 0) is 6.42 Å². The van der Waals surface area contributed by atoms with E-state index >= 15 is 0 Å². The lowest BCUT2D eigenvalue weighted by Gasteiger charge is -2.11. The van der Waals surface area contributed by atoms with Gasteiger partial charge in [0.05, 0.1) is 12.8 Å². The van der Waals surface area contributed by atoms with Gasteiger partial charge in [0.1, 0.15) is 11.4 Å². The first-order valence-corrected chi connectivity index (χ1v) is 7.02. The zero-order valence-electron chi connectivity index (χ0n) is 11.7. The van der Waals surface area contributed by atoms with E-state index in [4.69, 9.17) is 9.72 Å². The molecule has 3 heterocycles. The van der Waals surface area contributed by atoms with Crippen molar-refractivity contribution in [1.29, 1.82) is 0 Å². The zero-order chi connectivity index (χ0) is 13.2. The fourth-order valence-corrected chi connectivity index (χ4v) is 2.90. The summed E-state index contributed by atoms with van der Waals surface area (Å²) < 4.78 is 7.31. The van der Waals surface area contributed by atoms with E-state index in [9.17, 15) is 0 Å². The van der Waals surface area contributed by atoms with Gasteiger partial charge in [0.15, 0.2) is 0 Å². The van der Waals surface area contributed by atoms with Crippen molar-refractivity contribution in [3.63, 3.8) is 0 Å². The largest absolute Gasteiger partial charge is 0.497 e. The molecule has 3 rings (SSSR count). The molecule has 1 saturated heterocycles. The predicted molar refractivity (Wildman–Crippen MR) is 75.7 cm³/mol. The normalized spacial score (nSPS) is 20.2. The van der Waals surface area contributed by atoms with Crippen LogP contribution in [0.3, 0.4) is 0 Å². The second-order valence-electron chi connectivity index (χ2n) is 5.32. The van der Waals surface area contributed by atoms with Crippen LogP contribution in [0.2, 0.25) is 0 Å². The van der Waals surface area contributed by atoms with Crippen LogP contribution in [0.4, 0.5) is 0 Å². The molecule has 0 spiro atoms. The monoisotopic (exact) mass is 259 g/mol. The minimum Gasteiger partial charge on any atom is -0.497 e. The highest BCUT2D eigenvalue weighted by molar-refractivity contribution is 5.45. The number of hydrogen-bond donors (Lipinski definition) is 0. The van der Waals surface area contributed by atoms with E-state index in [1.807, 2.05) is 18.3 Å². The molecule has 0 radical (unpaired) electrons. The van der Waals surface area contributed by atoms with Crippen LogP contribution in [0.25, 0.3) is 5.65 Å². The SMILES string of the molecule is CCN1CCC(Cc2cn3ccc(OC)cc3n2)C1. The van der Waals surface area contributed by atoms with Gasteiger partial charge in [-0.15, -0.1) is 0 Å². The third-order valence-electron chi connectivity index (χ3n) is 4.03. The number of likely N-dealkylation sites (tertiary alicyclic amines) is 1. The van der Waals surface area contributed by atoms with Crippen LogP contribution in [0, 0.1) is 5.92 Å². The molecule has 1 fully saturated rings. The topological polar surface area (TPSA) is 29.8 Å². The number of pyridine rings is 1. The molecule has 0 aliphatic carbocycles. The quantitative estimate of drug-likeness (QED) is 0.843. The molecule has 2 aromatic heterocycles. The summed E-state index contributed by atoms with van der Waals surface area (Å²) in [4.78, 5) is 7.22. The zero-order valence-corrected chi connectivity index (χ0v) is 11.7. The van der Waals surface area contributed by atoms with Crippen molar-refractivity contribution in [3.05, 3.63) is 30.2 Å². The maximum atomic E-state index is 5.23. The Bertz CT molecular complexity index is 564. The molecule has 1 aliphatic heterocycles. The summed E-state index contributed by atoms with van der Waals surface area (Å²) in [7, 11) is 1.69. The van der Waals surface area contributed by atoms with Crippen LogP contribution >= 0.6 is 0 Å². The fraction of sp³-hybridized carbons (Fsp3) is 0.533. The molecule has 2 aromatic rings. The summed E-state index contributed by atoms with van der Waals surface area (Å²) in [6, 6.07) is 3.95.